The third kappa shape index (κ3) is 2.72. The Labute approximate surface area is 143 Å². The minimum absolute atomic E-state index is 0.122. The lowest BCUT2D eigenvalue weighted by atomic mass is 10.2. The van der Waals surface area contributed by atoms with Crippen LogP contribution in [-0.4, -0.2) is 15.3 Å². The molecule has 0 saturated carbocycles. The lowest BCUT2D eigenvalue weighted by molar-refractivity contribution is 0.726. The molecule has 1 aliphatic carbocycles. The molecule has 1 aliphatic rings. The molecule has 4 rings (SSSR count). The van der Waals surface area contributed by atoms with Gasteiger partial charge in [-0.25, -0.2) is 4.98 Å². The van der Waals surface area contributed by atoms with Gasteiger partial charge in [0.05, 0.1) is 5.39 Å². The highest BCUT2D eigenvalue weighted by atomic mass is 32.2. The zero-order chi connectivity index (χ0) is 15.8. The minimum Gasteiger partial charge on any atom is -0.290 e. The zero-order valence-corrected chi connectivity index (χ0v) is 14.7. The van der Waals surface area contributed by atoms with Crippen LogP contribution in [0.4, 0.5) is 0 Å². The second kappa shape index (κ2) is 6.13. The van der Waals surface area contributed by atoms with Crippen LogP contribution in [-0.2, 0) is 26.3 Å². The molecule has 0 N–H and O–H groups in total. The molecule has 0 aliphatic heterocycles. The Morgan fingerprint density at radius 3 is 2.91 bits per heavy atom. The molecule has 3 nitrogen and oxygen atoms in total. The highest BCUT2D eigenvalue weighted by molar-refractivity contribution is 7.99. The molecule has 0 fully saturated rings. The van der Waals surface area contributed by atoms with Crippen molar-refractivity contribution in [3.63, 3.8) is 0 Å². The number of nitrogens with zero attached hydrogens (tertiary/aromatic N) is 2. The third-order valence-electron chi connectivity index (χ3n) is 4.37. The predicted molar refractivity (Wildman–Crippen MR) is 97.8 cm³/mol. The average Bonchev–Trinajstić information content (AvgIpc) is 3.13. The normalized spacial score (nSPS) is 13.6. The van der Waals surface area contributed by atoms with Gasteiger partial charge < -0.3 is 0 Å². The smallest absolute Gasteiger partial charge is 0.262 e. The van der Waals surface area contributed by atoms with Gasteiger partial charge in [0.15, 0.2) is 5.16 Å². The quantitative estimate of drug-likeness (QED) is 0.534. The first kappa shape index (κ1) is 15.0. The molecule has 23 heavy (non-hydrogen) atoms. The number of rotatable bonds is 4. The molecule has 0 bridgehead atoms. The van der Waals surface area contributed by atoms with Gasteiger partial charge in [-0.2, -0.15) is 0 Å². The van der Waals surface area contributed by atoms with Crippen molar-refractivity contribution in [3.8, 4) is 0 Å². The summed E-state index contributed by atoms with van der Waals surface area (Å²) in [5.41, 5.74) is 2.71. The van der Waals surface area contributed by atoms with Gasteiger partial charge in [0.1, 0.15) is 4.83 Å². The van der Waals surface area contributed by atoms with Crippen LogP contribution in [0.5, 0.6) is 0 Å². The van der Waals surface area contributed by atoms with Crippen molar-refractivity contribution in [1.82, 2.24) is 9.55 Å². The standard InChI is InChI=1S/C18H18N2OS2/c1-20-17(21)15-13-8-5-9-14(13)23-16(15)19-18(20)22-11-10-12-6-3-2-4-7-12/h2-4,6-7H,5,8-11H2,1H3. The van der Waals surface area contributed by atoms with Crippen molar-refractivity contribution in [3.05, 3.63) is 56.7 Å². The van der Waals surface area contributed by atoms with E-state index in [2.05, 4.69) is 24.3 Å². The lowest BCUT2D eigenvalue weighted by Crippen LogP contribution is -2.20. The van der Waals surface area contributed by atoms with E-state index in [0.29, 0.717) is 0 Å². The van der Waals surface area contributed by atoms with Gasteiger partial charge in [0.2, 0.25) is 0 Å². The summed E-state index contributed by atoms with van der Waals surface area (Å²) >= 11 is 3.39. The molecule has 3 aromatic rings. The maximum Gasteiger partial charge on any atom is 0.262 e. The van der Waals surface area contributed by atoms with Gasteiger partial charge in [0, 0.05) is 17.7 Å². The summed E-state index contributed by atoms with van der Waals surface area (Å²) in [5.74, 6) is 0.931. The van der Waals surface area contributed by atoms with Gasteiger partial charge in [0.25, 0.3) is 5.56 Å². The first-order valence-electron chi connectivity index (χ1n) is 7.92. The summed E-state index contributed by atoms with van der Waals surface area (Å²) in [6.07, 6.45) is 4.30. The van der Waals surface area contributed by atoms with Crippen LogP contribution in [0, 0.1) is 0 Å². The maximum absolute atomic E-state index is 12.7. The first-order chi connectivity index (χ1) is 11.2. The first-order valence-corrected chi connectivity index (χ1v) is 9.72. The number of hydrogen-bond donors (Lipinski definition) is 0. The number of hydrogen-bond acceptors (Lipinski definition) is 4. The lowest BCUT2D eigenvalue weighted by Gasteiger charge is -2.07. The Bertz CT molecular complexity index is 912. The second-order valence-corrected chi connectivity index (χ2v) is 8.03. The highest BCUT2D eigenvalue weighted by Gasteiger charge is 2.22. The number of aryl methyl sites for hydroxylation is 3. The van der Waals surface area contributed by atoms with Crippen LogP contribution in [0.3, 0.4) is 0 Å². The van der Waals surface area contributed by atoms with E-state index in [1.54, 1.807) is 27.7 Å². The molecule has 118 valence electrons. The molecule has 0 spiro atoms. The Morgan fingerprint density at radius 1 is 1.26 bits per heavy atom. The predicted octanol–water partition coefficient (Wildman–Crippen LogP) is 3.82. The Morgan fingerprint density at radius 2 is 2.09 bits per heavy atom. The van der Waals surface area contributed by atoms with Crippen molar-refractivity contribution in [2.24, 2.45) is 7.05 Å². The molecule has 0 unspecified atom stereocenters. The zero-order valence-electron chi connectivity index (χ0n) is 13.0. The van der Waals surface area contributed by atoms with Crippen molar-refractivity contribution in [2.75, 3.05) is 5.75 Å². The van der Waals surface area contributed by atoms with Gasteiger partial charge in [-0.1, -0.05) is 42.1 Å². The van der Waals surface area contributed by atoms with Crippen LogP contribution in [0.15, 0.2) is 40.3 Å². The van der Waals surface area contributed by atoms with E-state index in [0.717, 1.165) is 40.4 Å². The van der Waals surface area contributed by atoms with Gasteiger partial charge >= 0.3 is 0 Å². The second-order valence-electron chi connectivity index (χ2n) is 5.88. The molecule has 1 aromatic carbocycles. The summed E-state index contributed by atoms with van der Waals surface area (Å²) in [6, 6.07) is 10.4. The van der Waals surface area contributed by atoms with E-state index in [1.807, 2.05) is 13.1 Å². The number of thiophene rings is 1. The maximum atomic E-state index is 12.7. The third-order valence-corrected chi connectivity index (χ3v) is 6.59. The largest absolute Gasteiger partial charge is 0.290 e. The Balaban J connectivity index is 1.61. The van der Waals surface area contributed by atoms with Crippen molar-refractivity contribution in [1.29, 1.82) is 0 Å². The Hall–Kier alpha value is -1.59. The van der Waals surface area contributed by atoms with Crippen molar-refractivity contribution < 1.29 is 0 Å². The molecule has 0 radical (unpaired) electrons. The minimum atomic E-state index is 0.122. The van der Waals surface area contributed by atoms with Crippen molar-refractivity contribution >= 4 is 33.3 Å². The summed E-state index contributed by atoms with van der Waals surface area (Å²) < 4.78 is 1.73. The SMILES string of the molecule is Cn1c(SCCc2ccccc2)nc2sc3c(c2c1=O)CCC3. The molecular weight excluding hydrogens is 324 g/mol. The molecular formula is C18H18N2OS2. The summed E-state index contributed by atoms with van der Waals surface area (Å²) in [4.78, 5) is 19.8. The van der Waals surface area contributed by atoms with Gasteiger partial charge in [-0.05, 0) is 36.8 Å². The monoisotopic (exact) mass is 342 g/mol. The van der Waals surface area contributed by atoms with E-state index in [9.17, 15) is 4.79 Å². The fourth-order valence-corrected chi connectivity index (χ4v) is 5.40. The van der Waals surface area contributed by atoms with Gasteiger partial charge in [-0.3, -0.25) is 9.36 Å². The van der Waals surface area contributed by atoms with E-state index in [1.165, 1.54) is 22.4 Å². The molecule has 0 atom stereocenters. The molecule has 0 amide bonds. The molecule has 2 heterocycles. The van der Waals surface area contributed by atoms with E-state index in [-0.39, 0.29) is 5.56 Å². The Kier molecular flexibility index (Phi) is 3.99. The summed E-state index contributed by atoms with van der Waals surface area (Å²) in [7, 11) is 1.85. The fraction of sp³-hybridized carbons (Fsp3) is 0.333. The number of aromatic nitrogens is 2. The van der Waals surface area contributed by atoms with Crippen molar-refractivity contribution in [2.45, 2.75) is 30.8 Å². The average molecular weight is 342 g/mol. The number of thioether (sulfide) groups is 1. The van der Waals surface area contributed by atoms with E-state index >= 15 is 0 Å². The molecule has 2 aromatic heterocycles. The van der Waals surface area contributed by atoms with E-state index < -0.39 is 0 Å². The van der Waals surface area contributed by atoms with Crippen LogP contribution in [0.25, 0.3) is 10.2 Å². The van der Waals surface area contributed by atoms with Crippen LogP contribution in [0.2, 0.25) is 0 Å². The molecule has 5 heteroatoms. The highest BCUT2D eigenvalue weighted by Crippen LogP contribution is 2.35. The van der Waals surface area contributed by atoms with Gasteiger partial charge in [-0.15, -0.1) is 11.3 Å². The van der Waals surface area contributed by atoms with Crippen LogP contribution in [0.1, 0.15) is 22.4 Å². The van der Waals surface area contributed by atoms with Crippen LogP contribution < -0.4 is 5.56 Å². The molecule has 0 saturated heterocycles. The number of benzene rings is 1. The topological polar surface area (TPSA) is 34.9 Å². The van der Waals surface area contributed by atoms with E-state index in [4.69, 9.17) is 4.98 Å². The summed E-state index contributed by atoms with van der Waals surface area (Å²) in [6.45, 7) is 0. The fourth-order valence-electron chi connectivity index (χ4n) is 3.14. The number of fused-ring (bicyclic) bond motifs is 3. The van der Waals surface area contributed by atoms with Crippen LogP contribution >= 0.6 is 23.1 Å². The summed E-state index contributed by atoms with van der Waals surface area (Å²) in [5, 5.41) is 1.70.